The Labute approximate surface area is 147 Å². The number of ether oxygens (including phenoxy) is 1. The molecule has 144 valence electrons. The van der Waals surface area contributed by atoms with E-state index in [1.807, 2.05) is 0 Å². The monoisotopic (exact) mass is 346 g/mol. The third kappa shape index (κ3) is 11.8. The van der Waals surface area contributed by atoms with E-state index in [2.05, 4.69) is 13.8 Å². The van der Waals surface area contributed by atoms with Crippen LogP contribution in [0.1, 0.15) is 84.5 Å². The molecule has 0 amide bonds. The maximum atomic E-state index is 12.2. The molecule has 0 aliphatic rings. The van der Waals surface area contributed by atoms with E-state index < -0.39 is 30.7 Å². The van der Waals surface area contributed by atoms with Crippen LogP contribution in [-0.4, -0.2) is 46.7 Å². The molecule has 5 heteroatoms. The minimum atomic E-state index is -1.05. The van der Waals surface area contributed by atoms with Gasteiger partial charge in [-0.25, -0.2) is 0 Å². The highest BCUT2D eigenvalue weighted by atomic mass is 16.5. The number of aliphatic hydroxyl groups is 3. The van der Waals surface area contributed by atoms with Gasteiger partial charge in [0.15, 0.2) is 0 Å². The van der Waals surface area contributed by atoms with E-state index in [1.165, 1.54) is 12.8 Å². The fraction of sp³-hybridized carbons (Fsp3) is 0.947. The Hall–Kier alpha value is -0.650. The minimum Gasteiger partial charge on any atom is -0.463 e. The number of unbranched alkanes of at least 4 members (excludes halogenated alkanes) is 7. The predicted molar refractivity (Wildman–Crippen MR) is 95.7 cm³/mol. The van der Waals surface area contributed by atoms with Crippen LogP contribution in [-0.2, 0) is 9.53 Å². The van der Waals surface area contributed by atoms with Gasteiger partial charge < -0.3 is 20.1 Å². The molecule has 0 saturated carbocycles. The first-order valence-electron chi connectivity index (χ1n) is 9.70. The molecule has 0 bridgehead atoms. The molecule has 0 heterocycles. The Morgan fingerprint density at radius 3 is 2.00 bits per heavy atom. The van der Waals surface area contributed by atoms with Crippen LogP contribution in [0.5, 0.6) is 0 Å². The summed E-state index contributed by atoms with van der Waals surface area (Å²) in [6.07, 6.45) is 9.21. The van der Waals surface area contributed by atoms with Crippen LogP contribution in [0.3, 0.4) is 0 Å². The van der Waals surface area contributed by atoms with E-state index >= 15 is 0 Å². The summed E-state index contributed by atoms with van der Waals surface area (Å²) in [5.74, 6) is -0.987. The van der Waals surface area contributed by atoms with E-state index in [0.717, 1.165) is 44.9 Å². The number of hydrogen-bond donors (Lipinski definition) is 3. The summed E-state index contributed by atoms with van der Waals surface area (Å²) >= 11 is 0. The van der Waals surface area contributed by atoms with Crippen LogP contribution in [0.4, 0.5) is 0 Å². The molecular formula is C19H38O5. The molecule has 0 aromatic carbocycles. The van der Waals surface area contributed by atoms with E-state index in [-0.39, 0.29) is 6.61 Å². The van der Waals surface area contributed by atoms with Gasteiger partial charge in [0.2, 0.25) is 0 Å². The summed E-state index contributed by atoms with van der Waals surface area (Å²) in [5, 5.41) is 28.5. The summed E-state index contributed by atoms with van der Waals surface area (Å²) in [7, 11) is 0. The Morgan fingerprint density at radius 2 is 1.42 bits per heavy atom. The lowest BCUT2D eigenvalue weighted by molar-refractivity contribution is -0.156. The molecule has 0 rings (SSSR count). The van der Waals surface area contributed by atoms with Gasteiger partial charge in [-0.1, -0.05) is 71.6 Å². The number of carbonyl (C=O) groups is 1. The molecule has 0 aromatic rings. The molecule has 3 N–H and O–H groups in total. The van der Waals surface area contributed by atoms with Crippen molar-refractivity contribution in [2.24, 2.45) is 5.92 Å². The van der Waals surface area contributed by atoms with Crippen molar-refractivity contribution in [1.29, 1.82) is 0 Å². The summed E-state index contributed by atoms with van der Waals surface area (Å²) in [5.41, 5.74) is 0. The highest BCUT2D eigenvalue weighted by Crippen LogP contribution is 2.21. The molecule has 0 unspecified atom stereocenters. The zero-order valence-electron chi connectivity index (χ0n) is 15.6. The second kappa shape index (κ2) is 15.9. The Bertz CT molecular complexity index is 295. The van der Waals surface area contributed by atoms with Crippen molar-refractivity contribution in [2.75, 3.05) is 13.2 Å². The molecular weight excluding hydrogens is 308 g/mol. The highest BCUT2D eigenvalue weighted by Gasteiger charge is 2.28. The van der Waals surface area contributed by atoms with Gasteiger partial charge in [-0.2, -0.15) is 0 Å². The topological polar surface area (TPSA) is 87.0 Å². The average molecular weight is 347 g/mol. The standard InChI is InChI=1S/C19H38O5/c1-3-5-7-9-11-13-18(22)17(12-10-8-6-4-2)19(23)24-15-16(21)14-20/h16-18,20-22H,3-15H2,1-2H3/t16-,17-,18+/m1/s1. The largest absolute Gasteiger partial charge is 0.463 e. The SMILES string of the molecule is CCCCCCC[C@H](O)[C@@H](CCCCCC)C(=O)OC[C@H](O)CO. The fourth-order valence-electron chi connectivity index (χ4n) is 2.75. The van der Waals surface area contributed by atoms with Crippen LogP contribution < -0.4 is 0 Å². The molecule has 0 aromatic heterocycles. The first kappa shape index (κ1) is 23.4. The van der Waals surface area contributed by atoms with Gasteiger partial charge in [0, 0.05) is 0 Å². The lowest BCUT2D eigenvalue weighted by Gasteiger charge is -2.22. The summed E-state index contributed by atoms with van der Waals surface area (Å²) in [6.45, 7) is 3.64. The Morgan fingerprint density at radius 1 is 0.875 bits per heavy atom. The van der Waals surface area contributed by atoms with Crippen molar-refractivity contribution in [3.05, 3.63) is 0 Å². The normalized spacial score (nSPS) is 15.0. The second-order valence-corrected chi connectivity index (χ2v) is 6.69. The van der Waals surface area contributed by atoms with E-state index in [0.29, 0.717) is 12.8 Å². The van der Waals surface area contributed by atoms with Gasteiger partial charge in [0.1, 0.15) is 12.7 Å². The zero-order chi connectivity index (χ0) is 18.2. The predicted octanol–water partition coefficient (Wildman–Crippen LogP) is 3.19. The van der Waals surface area contributed by atoms with Gasteiger partial charge >= 0.3 is 5.97 Å². The molecule has 0 saturated heterocycles. The molecule has 0 fully saturated rings. The van der Waals surface area contributed by atoms with E-state index in [1.54, 1.807) is 0 Å². The van der Waals surface area contributed by atoms with Crippen LogP contribution in [0, 0.1) is 5.92 Å². The molecule has 24 heavy (non-hydrogen) atoms. The number of aliphatic hydroxyl groups excluding tert-OH is 3. The number of hydrogen-bond acceptors (Lipinski definition) is 5. The maximum Gasteiger partial charge on any atom is 0.311 e. The van der Waals surface area contributed by atoms with Crippen molar-refractivity contribution in [3.63, 3.8) is 0 Å². The van der Waals surface area contributed by atoms with Gasteiger partial charge in [-0.15, -0.1) is 0 Å². The molecule has 0 spiro atoms. The lowest BCUT2D eigenvalue weighted by Crippen LogP contribution is -2.32. The third-order valence-electron chi connectivity index (χ3n) is 4.37. The quantitative estimate of drug-likeness (QED) is 0.295. The maximum absolute atomic E-state index is 12.2. The van der Waals surface area contributed by atoms with Crippen molar-refractivity contribution in [2.45, 2.75) is 96.7 Å². The first-order chi connectivity index (χ1) is 11.6. The molecule has 5 nitrogen and oxygen atoms in total. The fourth-order valence-corrected chi connectivity index (χ4v) is 2.75. The minimum absolute atomic E-state index is 0.218. The first-order valence-corrected chi connectivity index (χ1v) is 9.70. The summed E-state index contributed by atoms with van der Waals surface area (Å²) in [4.78, 5) is 12.2. The second-order valence-electron chi connectivity index (χ2n) is 6.69. The van der Waals surface area contributed by atoms with E-state index in [9.17, 15) is 15.0 Å². The Balaban J connectivity index is 4.34. The van der Waals surface area contributed by atoms with Crippen molar-refractivity contribution < 1.29 is 24.9 Å². The van der Waals surface area contributed by atoms with Crippen molar-refractivity contribution in [1.82, 2.24) is 0 Å². The number of esters is 1. The highest BCUT2D eigenvalue weighted by molar-refractivity contribution is 5.73. The number of rotatable bonds is 16. The molecule has 0 aliphatic heterocycles. The van der Waals surface area contributed by atoms with Gasteiger partial charge in [0.25, 0.3) is 0 Å². The van der Waals surface area contributed by atoms with Crippen molar-refractivity contribution >= 4 is 5.97 Å². The average Bonchev–Trinajstić information content (AvgIpc) is 2.59. The van der Waals surface area contributed by atoms with Crippen molar-refractivity contribution in [3.8, 4) is 0 Å². The van der Waals surface area contributed by atoms with Gasteiger partial charge in [-0.3, -0.25) is 4.79 Å². The smallest absolute Gasteiger partial charge is 0.311 e. The van der Waals surface area contributed by atoms with Gasteiger partial charge in [0.05, 0.1) is 18.6 Å². The van der Waals surface area contributed by atoms with Crippen LogP contribution in [0.2, 0.25) is 0 Å². The van der Waals surface area contributed by atoms with Gasteiger partial charge in [-0.05, 0) is 12.8 Å². The summed E-state index contributed by atoms with van der Waals surface area (Å²) in [6, 6.07) is 0. The zero-order valence-corrected chi connectivity index (χ0v) is 15.6. The Kier molecular flexibility index (Phi) is 15.4. The number of carbonyl (C=O) groups excluding carboxylic acids is 1. The van der Waals surface area contributed by atoms with E-state index in [4.69, 9.17) is 9.84 Å². The van der Waals surface area contributed by atoms with Crippen LogP contribution in [0.25, 0.3) is 0 Å². The third-order valence-corrected chi connectivity index (χ3v) is 4.37. The van der Waals surface area contributed by atoms with Crippen LogP contribution in [0.15, 0.2) is 0 Å². The molecule has 0 radical (unpaired) electrons. The molecule has 3 atom stereocenters. The molecule has 0 aliphatic carbocycles. The summed E-state index contributed by atoms with van der Waals surface area (Å²) < 4.78 is 5.07. The van der Waals surface area contributed by atoms with Crippen LogP contribution >= 0.6 is 0 Å². The lowest BCUT2D eigenvalue weighted by atomic mass is 9.91.